The Labute approximate surface area is 176 Å². The van der Waals surface area contributed by atoms with Crippen LogP contribution in [0.5, 0.6) is 0 Å². The SMILES string of the molecule is CCN(CC)Cc1cccc(NC(=O)CCCc2nc(-c3ccc(F)cc3)no2)c1. The first-order chi connectivity index (χ1) is 14.6. The van der Waals surface area contributed by atoms with Crippen molar-refractivity contribution in [1.29, 1.82) is 0 Å². The lowest BCUT2D eigenvalue weighted by molar-refractivity contribution is -0.116. The summed E-state index contributed by atoms with van der Waals surface area (Å²) in [5.74, 6) is 0.517. The van der Waals surface area contributed by atoms with Gasteiger partial charge in [0.25, 0.3) is 0 Å². The molecule has 0 unspecified atom stereocenters. The van der Waals surface area contributed by atoms with Crippen LogP contribution in [0.15, 0.2) is 53.1 Å². The molecule has 0 fully saturated rings. The van der Waals surface area contributed by atoms with Gasteiger partial charge in [0.05, 0.1) is 0 Å². The van der Waals surface area contributed by atoms with Crippen LogP contribution in [-0.2, 0) is 17.8 Å². The summed E-state index contributed by atoms with van der Waals surface area (Å²) in [6.07, 6.45) is 1.45. The Kier molecular flexibility index (Phi) is 7.68. The zero-order valence-corrected chi connectivity index (χ0v) is 17.4. The van der Waals surface area contributed by atoms with Crippen molar-refractivity contribution in [2.45, 2.75) is 39.7 Å². The molecule has 1 amide bonds. The molecule has 7 heteroatoms. The molecule has 1 heterocycles. The minimum Gasteiger partial charge on any atom is -0.339 e. The molecule has 3 rings (SSSR count). The smallest absolute Gasteiger partial charge is 0.226 e. The Hall–Kier alpha value is -3.06. The molecule has 2 aromatic carbocycles. The summed E-state index contributed by atoms with van der Waals surface area (Å²) in [6, 6.07) is 13.9. The van der Waals surface area contributed by atoms with Gasteiger partial charge in [0.15, 0.2) is 0 Å². The number of nitrogens with zero attached hydrogens (tertiary/aromatic N) is 3. The molecular formula is C23H27FN4O2. The third-order valence-corrected chi connectivity index (χ3v) is 4.88. The highest BCUT2D eigenvalue weighted by atomic mass is 19.1. The molecule has 0 atom stereocenters. The van der Waals surface area contributed by atoms with E-state index < -0.39 is 0 Å². The number of carbonyl (C=O) groups excluding carboxylic acids is 1. The molecule has 0 radical (unpaired) electrons. The Balaban J connectivity index is 1.47. The maximum Gasteiger partial charge on any atom is 0.226 e. The van der Waals surface area contributed by atoms with Gasteiger partial charge in [-0.3, -0.25) is 9.69 Å². The van der Waals surface area contributed by atoms with Crippen LogP contribution in [0.25, 0.3) is 11.4 Å². The van der Waals surface area contributed by atoms with E-state index in [1.54, 1.807) is 12.1 Å². The zero-order valence-electron chi connectivity index (χ0n) is 17.4. The van der Waals surface area contributed by atoms with E-state index in [-0.39, 0.29) is 11.7 Å². The Morgan fingerprint density at radius 3 is 2.63 bits per heavy atom. The topological polar surface area (TPSA) is 71.3 Å². The van der Waals surface area contributed by atoms with E-state index in [0.717, 1.165) is 25.3 Å². The van der Waals surface area contributed by atoms with Crippen molar-refractivity contribution in [3.8, 4) is 11.4 Å². The Morgan fingerprint density at radius 2 is 1.90 bits per heavy atom. The van der Waals surface area contributed by atoms with Gasteiger partial charge in [-0.1, -0.05) is 31.1 Å². The lowest BCUT2D eigenvalue weighted by atomic mass is 10.1. The molecule has 0 saturated heterocycles. The Bertz CT molecular complexity index is 952. The van der Waals surface area contributed by atoms with Crippen LogP contribution >= 0.6 is 0 Å². The first-order valence-corrected chi connectivity index (χ1v) is 10.3. The van der Waals surface area contributed by atoms with Gasteiger partial charge in [-0.25, -0.2) is 4.39 Å². The van der Waals surface area contributed by atoms with Gasteiger partial charge in [0.2, 0.25) is 17.6 Å². The molecule has 0 saturated carbocycles. The summed E-state index contributed by atoms with van der Waals surface area (Å²) in [6.45, 7) is 7.13. The fraction of sp³-hybridized carbons (Fsp3) is 0.348. The van der Waals surface area contributed by atoms with Crippen LogP contribution in [0.4, 0.5) is 10.1 Å². The minimum absolute atomic E-state index is 0.0479. The molecule has 30 heavy (non-hydrogen) atoms. The summed E-state index contributed by atoms with van der Waals surface area (Å²) >= 11 is 0. The number of hydrogen-bond acceptors (Lipinski definition) is 5. The first-order valence-electron chi connectivity index (χ1n) is 10.3. The number of rotatable bonds is 10. The van der Waals surface area contributed by atoms with Crippen LogP contribution in [-0.4, -0.2) is 34.0 Å². The largest absolute Gasteiger partial charge is 0.339 e. The van der Waals surface area contributed by atoms with Crippen LogP contribution in [0.3, 0.4) is 0 Å². The number of benzene rings is 2. The van der Waals surface area contributed by atoms with E-state index in [9.17, 15) is 9.18 Å². The summed E-state index contributed by atoms with van der Waals surface area (Å²) in [7, 11) is 0. The lowest BCUT2D eigenvalue weighted by Crippen LogP contribution is -2.22. The fourth-order valence-electron chi connectivity index (χ4n) is 3.15. The standard InChI is InChI=1S/C23H27FN4O2/c1-3-28(4-2)16-17-7-5-8-20(15-17)25-21(29)9-6-10-22-26-23(27-30-22)18-11-13-19(24)14-12-18/h5,7-8,11-15H,3-4,6,9-10,16H2,1-2H3,(H,25,29). The van der Waals surface area contributed by atoms with E-state index in [0.29, 0.717) is 36.5 Å². The maximum absolute atomic E-state index is 13.0. The van der Waals surface area contributed by atoms with E-state index >= 15 is 0 Å². The second-order valence-corrected chi connectivity index (χ2v) is 7.08. The van der Waals surface area contributed by atoms with Crippen LogP contribution in [0.2, 0.25) is 0 Å². The summed E-state index contributed by atoms with van der Waals surface area (Å²) in [4.78, 5) is 18.9. The van der Waals surface area contributed by atoms with Crippen molar-refractivity contribution in [3.63, 3.8) is 0 Å². The molecular weight excluding hydrogens is 383 g/mol. The third-order valence-electron chi connectivity index (χ3n) is 4.88. The van der Waals surface area contributed by atoms with Gasteiger partial charge >= 0.3 is 0 Å². The van der Waals surface area contributed by atoms with E-state index in [1.807, 2.05) is 18.2 Å². The number of aromatic nitrogens is 2. The van der Waals surface area contributed by atoms with E-state index in [2.05, 4.69) is 40.3 Å². The normalized spacial score (nSPS) is 11.1. The van der Waals surface area contributed by atoms with E-state index in [1.165, 1.54) is 17.7 Å². The monoisotopic (exact) mass is 410 g/mol. The third kappa shape index (κ3) is 6.22. The number of carbonyl (C=O) groups is 1. The summed E-state index contributed by atoms with van der Waals surface area (Å²) in [5, 5.41) is 6.87. The van der Waals surface area contributed by atoms with Gasteiger partial charge in [-0.2, -0.15) is 4.98 Å². The van der Waals surface area contributed by atoms with Gasteiger partial charge < -0.3 is 9.84 Å². The Morgan fingerprint density at radius 1 is 1.13 bits per heavy atom. The zero-order chi connectivity index (χ0) is 21.3. The quantitative estimate of drug-likeness (QED) is 0.525. The van der Waals surface area contributed by atoms with Crippen molar-refractivity contribution in [3.05, 3.63) is 65.8 Å². The molecule has 0 aliphatic rings. The first kappa shape index (κ1) is 21.6. The predicted molar refractivity (Wildman–Crippen MR) is 114 cm³/mol. The van der Waals surface area contributed by atoms with E-state index in [4.69, 9.17) is 4.52 Å². The molecule has 1 N–H and O–H groups in total. The second-order valence-electron chi connectivity index (χ2n) is 7.08. The predicted octanol–water partition coefficient (Wildman–Crippen LogP) is 4.68. The number of aryl methyl sites for hydroxylation is 1. The van der Waals surface area contributed by atoms with Crippen LogP contribution in [0.1, 0.15) is 38.1 Å². The fourth-order valence-corrected chi connectivity index (χ4v) is 3.15. The number of hydrogen-bond donors (Lipinski definition) is 1. The molecule has 158 valence electrons. The molecule has 0 aliphatic carbocycles. The number of amides is 1. The van der Waals surface area contributed by atoms with Crippen molar-refractivity contribution in [2.24, 2.45) is 0 Å². The second kappa shape index (κ2) is 10.6. The number of anilines is 1. The highest BCUT2D eigenvalue weighted by molar-refractivity contribution is 5.90. The summed E-state index contributed by atoms with van der Waals surface area (Å²) < 4.78 is 18.2. The van der Waals surface area contributed by atoms with Crippen LogP contribution in [0, 0.1) is 5.82 Å². The highest BCUT2D eigenvalue weighted by Gasteiger charge is 2.10. The van der Waals surface area contributed by atoms with Crippen molar-refractivity contribution in [1.82, 2.24) is 15.0 Å². The number of nitrogens with one attached hydrogen (secondary N) is 1. The van der Waals surface area contributed by atoms with Gasteiger partial charge in [-0.15, -0.1) is 0 Å². The number of halogens is 1. The average molecular weight is 410 g/mol. The van der Waals surface area contributed by atoms with Gasteiger partial charge in [-0.05, 0) is 61.5 Å². The van der Waals surface area contributed by atoms with Gasteiger partial charge in [0, 0.05) is 30.6 Å². The van der Waals surface area contributed by atoms with Gasteiger partial charge in [0.1, 0.15) is 5.82 Å². The minimum atomic E-state index is -0.313. The molecule has 0 spiro atoms. The molecule has 0 bridgehead atoms. The van der Waals surface area contributed by atoms with Crippen molar-refractivity contribution < 1.29 is 13.7 Å². The van der Waals surface area contributed by atoms with Crippen LogP contribution < -0.4 is 5.32 Å². The van der Waals surface area contributed by atoms with Crippen molar-refractivity contribution in [2.75, 3.05) is 18.4 Å². The molecule has 3 aromatic rings. The molecule has 0 aliphatic heterocycles. The summed E-state index contributed by atoms with van der Waals surface area (Å²) in [5.41, 5.74) is 2.67. The molecule has 6 nitrogen and oxygen atoms in total. The lowest BCUT2D eigenvalue weighted by Gasteiger charge is -2.18. The maximum atomic E-state index is 13.0. The average Bonchev–Trinajstić information content (AvgIpc) is 3.21. The highest BCUT2D eigenvalue weighted by Crippen LogP contribution is 2.17. The van der Waals surface area contributed by atoms with Crippen molar-refractivity contribution >= 4 is 11.6 Å². The molecule has 1 aromatic heterocycles.